The molecular weight excluding hydrogens is 270 g/mol. The molecule has 6 heteroatoms. The van der Waals surface area contributed by atoms with Crippen molar-refractivity contribution in [1.29, 1.82) is 0 Å². The van der Waals surface area contributed by atoms with E-state index in [9.17, 15) is 14.4 Å². The lowest BCUT2D eigenvalue weighted by Crippen LogP contribution is -2.53. The molecule has 0 unspecified atom stereocenters. The molecule has 3 amide bonds. The third kappa shape index (κ3) is 4.44. The summed E-state index contributed by atoms with van der Waals surface area (Å²) >= 11 is 0. The molecule has 3 atom stereocenters. The summed E-state index contributed by atoms with van der Waals surface area (Å²) in [6.45, 7) is 6.38. The molecule has 1 fully saturated rings. The van der Waals surface area contributed by atoms with Crippen LogP contribution < -0.4 is 11.1 Å². The van der Waals surface area contributed by atoms with Crippen molar-refractivity contribution in [2.75, 3.05) is 6.54 Å². The smallest absolute Gasteiger partial charge is 0.243 e. The van der Waals surface area contributed by atoms with Crippen LogP contribution in [0.4, 0.5) is 0 Å². The van der Waals surface area contributed by atoms with Crippen molar-refractivity contribution in [3.05, 3.63) is 0 Å². The highest BCUT2D eigenvalue weighted by Gasteiger charge is 2.36. The van der Waals surface area contributed by atoms with Gasteiger partial charge in [0, 0.05) is 13.0 Å². The van der Waals surface area contributed by atoms with Crippen molar-refractivity contribution in [3.8, 4) is 0 Å². The summed E-state index contributed by atoms with van der Waals surface area (Å²) in [5.74, 6) is -0.462. The molecule has 6 nitrogen and oxygen atoms in total. The van der Waals surface area contributed by atoms with E-state index in [-0.39, 0.29) is 11.8 Å². The van der Waals surface area contributed by atoms with Gasteiger partial charge in [0.1, 0.15) is 12.1 Å². The fourth-order valence-electron chi connectivity index (χ4n) is 2.90. The second kappa shape index (κ2) is 8.00. The van der Waals surface area contributed by atoms with Crippen LogP contribution in [0.2, 0.25) is 0 Å². The monoisotopic (exact) mass is 297 g/mol. The van der Waals surface area contributed by atoms with Gasteiger partial charge in [0.25, 0.3) is 0 Å². The van der Waals surface area contributed by atoms with Gasteiger partial charge in [-0.25, -0.2) is 0 Å². The molecular formula is C15H27N3O3. The Morgan fingerprint density at radius 2 is 2.00 bits per heavy atom. The largest absolute Gasteiger partial charge is 0.368 e. The fraction of sp³-hybridized carbons (Fsp3) is 0.800. The molecule has 0 aromatic carbocycles. The molecule has 0 aliphatic carbocycles. The molecule has 0 bridgehead atoms. The van der Waals surface area contributed by atoms with E-state index in [0.717, 1.165) is 12.8 Å². The first-order chi connectivity index (χ1) is 9.94. The third-order valence-corrected chi connectivity index (χ3v) is 4.07. The molecule has 0 aromatic heterocycles. The Kier molecular flexibility index (Phi) is 6.65. The standard InChI is InChI=1S/C15H27N3O3/c1-4-7-10-8-13(19)18(9-10)12(6-3)15(21)17-11(5-2)14(16)20/h10-12H,4-9H2,1-3H3,(H2,16,20)(H,17,21)/t10-,11+,12+/m1/s1. The van der Waals surface area contributed by atoms with Gasteiger partial charge in [0.15, 0.2) is 0 Å². The summed E-state index contributed by atoms with van der Waals surface area (Å²) in [4.78, 5) is 37.3. The fourth-order valence-corrected chi connectivity index (χ4v) is 2.90. The van der Waals surface area contributed by atoms with Gasteiger partial charge >= 0.3 is 0 Å². The predicted octanol–water partition coefficient (Wildman–Crippen LogP) is 0.794. The summed E-state index contributed by atoms with van der Waals surface area (Å²) in [5.41, 5.74) is 5.25. The number of likely N-dealkylation sites (tertiary alicyclic amines) is 1. The van der Waals surface area contributed by atoms with E-state index in [2.05, 4.69) is 12.2 Å². The lowest BCUT2D eigenvalue weighted by Gasteiger charge is -2.27. The molecule has 0 spiro atoms. The highest BCUT2D eigenvalue weighted by atomic mass is 16.2. The molecule has 0 saturated carbocycles. The molecule has 1 saturated heterocycles. The molecule has 0 radical (unpaired) electrons. The summed E-state index contributed by atoms with van der Waals surface area (Å²) in [5, 5.41) is 2.65. The third-order valence-electron chi connectivity index (χ3n) is 4.07. The number of carbonyl (C=O) groups excluding carboxylic acids is 3. The zero-order chi connectivity index (χ0) is 16.0. The van der Waals surface area contributed by atoms with Gasteiger partial charge < -0.3 is 16.0 Å². The Morgan fingerprint density at radius 1 is 1.33 bits per heavy atom. The van der Waals surface area contributed by atoms with Crippen molar-refractivity contribution in [3.63, 3.8) is 0 Å². The van der Waals surface area contributed by atoms with Crippen LogP contribution in [0.1, 0.15) is 52.9 Å². The van der Waals surface area contributed by atoms with E-state index in [0.29, 0.717) is 31.7 Å². The predicted molar refractivity (Wildman–Crippen MR) is 80.2 cm³/mol. The Hall–Kier alpha value is -1.59. The molecule has 1 heterocycles. The normalized spacial score (nSPS) is 21.2. The van der Waals surface area contributed by atoms with Crippen molar-refractivity contribution < 1.29 is 14.4 Å². The second-order valence-corrected chi connectivity index (χ2v) is 5.70. The Morgan fingerprint density at radius 3 is 2.48 bits per heavy atom. The Balaban J connectivity index is 2.71. The van der Waals surface area contributed by atoms with Gasteiger partial charge in [-0.15, -0.1) is 0 Å². The zero-order valence-electron chi connectivity index (χ0n) is 13.2. The van der Waals surface area contributed by atoms with Crippen LogP contribution in [-0.4, -0.2) is 41.2 Å². The Labute approximate surface area is 126 Å². The van der Waals surface area contributed by atoms with Crippen LogP contribution in [0.25, 0.3) is 0 Å². The highest BCUT2D eigenvalue weighted by Crippen LogP contribution is 2.25. The van der Waals surface area contributed by atoms with E-state index in [1.165, 1.54) is 0 Å². The minimum absolute atomic E-state index is 0.0302. The average Bonchev–Trinajstić information content (AvgIpc) is 2.78. The first-order valence-corrected chi connectivity index (χ1v) is 7.83. The van der Waals surface area contributed by atoms with Crippen LogP contribution in [0.5, 0.6) is 0 Å². The van der Waals surface area contributed by atoms with E-state index in [1.54, 1.807) is 11.8 Å². The quantitative estimate of drug-likeness (QED) is 0.694. The number of primary amides is 1. The van der Waals surface area contributed by atoms with Crippen molar-refractivity contribution in [2.45, 2.75) is 65.0 Å². The molecule has 21 heavy (non-hydrogen) atoms. The summed E-state index contributed by atoms with van der Waals surface area (Å²) in [6, 6.07) is -1.18. The molecule has 1 aliphatic heterocycles. The SMILES string of the molecule is CCC[C@@H]1CC(=O)N([C@@H](CC)C(=O)N[C@@H](CC)C(N)=O)C1. The topological polar surface area (TPSA) is 92.5 Å². The molecule has 1 rings (SSSR count). The first kappa shape index (κ1) is 17.5. The first-order valence-electron chi connectivity index (χ1n) is 7.83. The molecule has 1 aliphatic rings. The minimum Gasteiger partial charge on any atom is -0.368 e. The number of nitrogens with two attached hydrogens (primary N) is 1. The van der Waals surface area contributed by atoms with Gasteiger partial charge in [-0.3, -0.25) is 14.4 Å². The molecule has 120 valence electrons. The number of amides is 3. The number of hydrogen-bond donors (Lipinski definition) is 2. The van der Waals surface area contributed by atoms with Crippen molar-refractivity contribution in [2.24, 2.45) is 11.7 Å². The van der Waals surface area contributed by atoms with Crippen molar-refractivity contribution in [1.82, 2.24) is 10.2 Å². The number of hydrogen-bond acceptors (Lipinski definition) is 3. The summed E-state index contributed by atoms with van der Waals surface area (Å²) in [6.07, 6.45) is 3.54. The van der Waals surface area contributed by atoms with E-state index in [1.807, 2.05) is 6.92 Å². The van der Waals surface area contributed by atoms with Gasteiger partial charge in [-0.1, -0.05) is 27.2 Å². The lowest BCUT2D eigenvalue weighted by atomic mass is 10.0. The average molecular weight is 297 g/mol. The number of nitrogens with zero attached hydrogens (tertiary/aromatic N) is 1. The number of rotatable bonds is 8. The molecule has 0 aromatic rings. The lowest BCUT2D eigenvalue weighted by molar-refractivity contribution is -0.138. The van der Waals surface area contributed by atoms with E-state index >= 15 is 0 Å². The maximum Gasteiger partial charge on any atom is 0.243 e. The zero-order valence-corrected chi connectivity index (χ0v) is 13.2. The number of nitrogens with one attached hydrogen (secondary N) is 1. The Bertz CT molecular complexity index is 398. The van der Waals surface area contributed by atoms with Crippen LogP contribution in [-0.2, 0) is 14.4 Å². The van der Waals surface area contributed by atoms with Crippen LogP contribution in [0.3, 0.4) is 0 Å². The summed E-state index contributed by atoms with van der Waals surface area (Å²) < 4.78 is 0. The minimum atomic E-state index is -0.671. The maximum atomic E-state index is 12.3. The maximum absolute atomic E-state index is 12.3. The van der Waals surface area contributed by atoms with Gasteiger partial charge in [-0.2, -0.15) is 0 Å². The van der Waals surface area contributed by atoms with E-state index in [4.69, 9.17) is 5.73 Å². The van der Waals surface area contributed by atoms with Gasteiger partial charge in [0.2, 0.25) is 17.7 Å². The van der Waals surface area contributed by atoms with Gasteiger partial charge in [-0.05, 0) is 25.2 Å². The second-order valence-electron chi connectivity index (χ2n) is 5.70. The summed E-state index contributed by atoms with van der Waals surface area (Å²) in [7, 11) is 0. The van der Waals surface area contributed by atoms with Crippen molar-refractivity contribution >= 4 is 17.7 Å². The van der Waals surface area contributed by atoms with E-state index < -0.39 is 18.0 Å². The number of carbonyl (C=O) groups is 3. The van der Waals surface area contributed by atoms with Crippen LogP contribution in [0.15, 0.2) is 0 Å². The van der Waals surface area contributed by atoms with Crippen LogP contribution in [0, 0.1) is 5.92 Å². The highest BCUT2D eigenvalue weighted by molar-refractivity contribution is 5.92. The van der Waals surface area contributed by atoms with Gasteiger partial charge in [0.05, 0.1) is 0 Å². The molecule has 3 N–H and O–H groups in total. The van der Waals surface area contributed by atoms with Crippen LogP contribution >= 0.6 is 0 Å².